The molecule has 18 heavy (non-hydrogen) atoms. The van der Waals surface area contributed by atoms with E-state index in [0.29, 0.717) is 10.7 Å². The third-order valence-corrected chi connectivity index (χ3v) is 3.13. The maximum Gasteiger partial charge on any atom is 0.341 e. The first-order valence-corrected chi connectivity index (χ1v) is 5.77. The molecule has 0 spiro atoms. The van der Waals surface area contributed by atoms with Gasteiger partial charge in [-0.15, -0.1) is 0 Å². The van der Waals surface area contributed by atoms with E-state index in [1.54, 1.807) is 31.2 Å². The second-order valence-corrected chi connectivity index (χ2v) is 4.55. The van der Waals surface area contributed by atoms with Crippen LogP contribution in [0.5, 0.6) is 0 Å². The van der Waals surface area contributed by atoms with Crippen LogP contribution in [0.2, 0.25) is 5.02 Å². The fourth-order valence-electron chi connectivity index (χ4n) is 2.04. The van der Waals surface area contributed by atoms with Crippen LogP contribution in [0.3, 0.4) is 0 Å². The van der Waals surface area contributed by atoms with E-state index in [9.17, 15) is 9.59 Å². The van der Waals surface area contributed by atoms with Crippen LogP contribution in [0.4, 0.5) is 4.79 Å². The van der Waals surface area contributed by atoms with Crippen molar-refractivity contribution in [2.24, 2.45) is 16.6 Å². The molecule has 0 saturated carbocycles. The number of carbonyl (C=O) groups is 2. The lowest BCUT2D eigenvalue weighted by Gasteiger charge is -2.29. The first kappa shape index (κ1) is 12.6. The Bertz CT molecular complexity index is 525. The number of amides is 3. The molecule has 0 fully saturated rings. The van der Waals surface area contributed by atoms with E-state index in [2.05, 4.69) is 10.3 Å². The van der Waals surface area contributed by atoms with Crippen LogP contribution in [0, 0.1) is 5.92 Å². The number of halogens is 1. The molecule has 2 rings (SSSR count). The molecular weight excluding hydrogens is 254 g/mol. The van der Waals surface area contributed by atoms with Gasteiger partial charge in [-0.25, -0.2) is 9.79 Å². The second-order valence-electron chi connectivity index (χ2n) is 4.11. The number of benzene rings is 1. The van der Waals surface area contributed by atoms with E-state index in [1.807, 2.05) is 0 Å². The summed E-state index contributed by atoms with van der Waals surface area (Å²) in [6.45, 7) is 1.62. The van der Waals surface area contributed by atoms with Gasteiger partial charge in [0.15, 0.2) is 0 Å². The Morgan fingerprint density at radius 1 is 1.39 bits per heavy atom. The van der Waals surface area contributed by atoms with Crippen LogP contribution in [-0.2, 0) is 4.79 Å². The van der Waals surface area contributed by atoms with E-state index in [4.69, 9.17) is 17.3 Å². The predicted molar refractivity (Wildman–Crippen MR) is 68.5 cm³/mol. The van der Waals surface area contributed by atoms with Crippen molar-refractivity contribution in [3.8, 4) is 0 Å². The molecule has 0 saturated heterocycles. The van der Waals surface area contributed by atoms with Gasteiger partial charge in [-0.1, -0.05) is 23.7 Å². The number of hydrogen-bond donors (Lipinski definition) is 2. The molecule has 0 aliphatic carbocycles. The third-order valence-electron chi connectivity index (χ3n) is 2.88. The summed E-state index contributed by atoms with van der Waals surface area (Å²) in [4.78, 5) is 26.6. The van der Waals surface area contributed by atoms with E-state index in [1.165, 1.54) is 0 Å². The standard InChI is InChI=1S/C12H12ClN3O2/c1-6-9(11(14)17)10(16-12(18)15-6)7-2-4-8(13)5-3-7/h2-5,9-10H,1H3,(H2,14,17)(H,16,18). The van der Waals surface area contributed by atoms with Crippen LogP contribution in [0.1, 0.15) is 18.5 Å². The van der Waals surface area contributed by atoms with Crippen molar-refractivity contribution in [3.05, 3.63) is 34.9 Å². The minimum atomic E-state index is -0.635. The summed E-state index contributed by atoms with van der Waals surface area (Å²) in [5, 5.41) is 3.23. The zero-order chi connectivity index (χ0) is 13.3. The van der Waals surface area contributed by atoms with Crippen LogP contribution < -0.4 is 11.1 Å². The topological polar surface area (TPSA) is 84.6 Å². The Hall–Kier alpha value is -1.88. The van der Waals surface area contributed by atoms with Gasteiger partial charge in [0.25, 0.3) is 0 Å². The van der Waals surface area contributed by atoms with E-state index >= 15 is 0 Å². The van der Waals surface area contributed by atoms with Gasteiger partial charge in [0.1, 0.15) is 5.92 Å². The smallest absolute Gasteiger partial charge is 0.341 e. The fraction of sp³-hybridized carbons (Fsp3) is 0.250. The monoisotopic (exact) mass is 265 g/mol. The molecule has 3 amide bonds. The van der Waals surface area contributed by atoms with Gasteiger partial charge in [-0.3, -0.25) is 4.79 Å². The van der Waals surface area contributed by atoms with Gasteiger partial charge in [0.2, 0.25) is 5.91 Å². The molecule has 1 aliphatic rings. The Morgan fingerprint density at radius 3 is 2.56 bits per heavy atom. The maximum atomic E-state index is 11.5. The van der Waals surface area contributed by atoms with Gasteiger partial charge >= 0.3 is 6.03 Å². The fourth-order valence-corrected chi connectivity index (χ4v) is 2.16. The molecule has 1 aromatic carbocycles. The number of nitrogens with zero attached hydrogens (tertiary/aromatic N) is 1. The lowest BCUT2D eigenvalue weighted by atomic mass is 9.88. The van der Waals surface area contributed by atoms with Crippen molar-refractivity contribution in [1.82, 2.24) is 5.32 Å². The van der Waals surface area contributed by atoms with Crippen LogP contribution in [0.25, 0.3) is 0 Å². The Labute approximate surface area is 109 Å². The van der Waals surface area contributed by atoms with Crippen molar-refractivity contribution >= 4 is 29.3 Å². The highest BCUT2D eigenvalue weighted by Gasteiger charge is 2.35. The number of nitrogens with one attached hydrogen (secondary N) is 1. The molecule has 1 aromatic rings. The zero-order valence-corrected chi connectivity index (χ0v) is 10.4. The average molecular weight is 266 g/mol. The molecule has 6 heteroatoms. The van der Waals surface area contributed by atoms with Gasteiger partial charge in [-0.2, -0.15) is 0 Å². The van der Waals surface area contributed by atoms with Crippen LogP contribution in [-0.4, -0.2) is 17.6 Å². The highest BCUT2D eigenvalue weighted by atomic mass is 35.5. The summed E-state index contributed by atoms with van der Waals surface area (Å²) in [6, 6.07) is 5.93. The molecule has 3 N–H and O–H groups in total. The summed E-state index contributed by atoms with van der Waals surface area (Å²) in [7, 11) is 0. The summed E-state index contributed by atoms with van der Waals surface area (Å²) < 4.78 is 0. The average Bonchev–Trinajstić information content (AvgIpc) is 2.28. The molecule has 94 valence electrons. The first-order valence-electron chi connectivity index (χ1n) is 5.39. The molecule has 0 radical (unpaired) electrons. The van der Waals surface area contributed by atoms with Crippen molar-refractivity contribution in [2.45, 2.75) is 13.0 Å². The largest absolute Gasteiger partial charge is 0.369 e. The van der Waals surface area contributed by atoms with Crippen molar-refractivity contribution in [3.63, 3.8) is 0 Å². The molecule has 5 nitrogen and oxygen atoms in total. The Morgan fingerprint density at radius 2 is 2.00 bits per heavy atom. The molecule has 0 bridgehead atoms. The second kappa shape index (κ2) is 4.78. The minimum absolute atomic E-state index is 0.422. The normalized spacial score (nSPS) is 23.2. The van der Waals surface area contributed by atoms with E-state index in [-0.39, 0.29) is 0 Å². The van der Waals surface area contributed by atoms with Gasteiger partial charge < -0.3 is 11.1 Å². The third kappa shape index (κ3) is 2.36. The predicted octanol–water partition coefficient (Wildman–Crippen LogP) is 1.67. The van der Waals surface area contributed by atoms with Crippen molar-refractivity contribution in [1.29, 1.82) is 0 Å². The Balaban J connectivity index is 2.41. The highest BCUT2D eigenvalue weighted by molar-refractivity contribution is 6.30. The van der Waals surface area contributed by atoms with Crippen LogP contribution in [0.15, 0.2) is 29.3 Å². The van der Waals surface area contributed by atoms with Gasteiger partial charge in [-0.05, 0) is 24.6 Å². The molecule has 1 aliphatic heterocycles. The summed E-state index contributed by atoms with van der Waals surface area (Å²) in [6.07, 6.45) is 0. The van der Waals surface area contributed by atoms with Crippen molar-refractivity contribution in [2.75, 3.05) is 0 Å². The number of primary amides is 1. The number of nitrogens with two attached hydrogens (primary N) is 1. The van der Waals surface area contributed by atoms with Crippen molar-refractivity contribution < 1.29 is 9.59 Å². The van der Waals surface area contributed by atoms with Gasteiger partial charge in [0.05, 0.1) is 6.04 Å². The lowest BCUT2D eigenvalue weighted by molar-refractivity contribution is -0.120. The molecule has 1 heterocycles. The Kier molecular flexibility index (Phi) is 3.34. The highest BCUT2D eigenvalue weighted by Crippen LogP contribution is 2.27. The lowest BCUT2D eigenvalue weighted by Crippen LogP contribution is -2.45. The minimum Gasteiger partial charge on any atom is -0.369 e. The SMILES string of the molecule is CC1=NC(=O)NC(c2ccc(Cl)cc2)C1C(N)=O. The van der Waals surface area contributed by atoms with Gasteiger partial charge in [0, 0.05) is 10.7 Å². The number of aliphatic imine (C=N–C) groups is 1. The molecule has 2 unspecified atom stereocenters. The summed E-state index contributed by atoms with van der Waals surface area (Å²) in [5.74, 6) is -1.15. The molecule has 2 atom stereocenters. The molecular formula is C12H12ClN3O2. The summed E-state index contributed by atoms with van der Waals surface area (Å²) in [5.41, 5.74) is 6.56. The van der Waals surface area contributed by atoms with E-state index < -0.39 is 23.9 Å². The maximum absolute atomic E-state index is 11.5. The number of hydrogen-bond acceptors (Lipinski definition) is 2. The summed E-state index contributed by atoms with van der Waals surface area (Å²) >= 11 is 5.80. The number of urea groups is 1. The number of carbonyl (C=O) groups excluding carboxylic acids is 2. The number of rotatable bonds is 2. The van der Waals surface area contributed by atoms with E-state index in [0.717, 1.165) is 5.56 Å². The van der Waals surface area contributed by atoms with Crippen LogP contribution >= 0.6 is 11.6 Å². The quantitative estimate of drug-likeness (QED) is 0.852. The zero-order valence-electron chi connectivity index (χ0n) is 9.68. The first-order chi connectivity index (χ1) is 8.49. The molecule has 0 aromatic heterocycles.